The molecule has 0 N–H and O–H groups in total. The molecule has 15 heavy (non-hydrogen) atoms. The maximum absolute atomic E-state index is 12.6. The van der Waals surface area contributed by atoms with Gasteiger partial charge in [-0.2, -0.15) is 13.2 Å². The molecule has 0 radical (unpaired) electrons. The highest BCUT2D eigenvalue weighted by molar-refractivity contribution is 6.51. The maximum Gasteiger partial charge on any atom is 0.416 e. The minimum Gasteiger partial charge on any atom is -0.166 e. The molecule has 84 valence electrons. The van der Waals surface area contributed by atoms with E-state index in [0.29, 0.717) is 0 Å². The van der Waals surface area contributed by atoms with E-state index in [1.807, 2.05) is 0 Å². The van der Waals surface area contributed by atoms with Gasteiger partial charge in [-0.3, -0.25) is 0 Å². The number of hydrogen-bond donors (Lipinski definition) is 0. The van der Waals surface area contributed by atoms with Gasteiger partial charge in [-0.05, 0) is 6.07 Å². The standard InChI is InChI=1S/C9H6Cl3F3/c10-5-8(11,12)6-3-1-2-4-7(6)9(13,14)15/h1-4H,5H2. The highest BCUT2D eigenvalue weighted by atomic mass is 35.5. The third kappa shape index (κ3) is 2.92. The minimum atomic E-state index is -4.49. The van der Waals surface area contributed by atoms with Crippen molar-refractivity contribution in [2.75, 3.05) is 5.88 Å². The van der Waals surface area contributed by atoms with Crippen molar-refractivity contribution in [1.82, 2.24) is 0 Å². The summed E-state index contributed by atoms with van der Waals surface area (Å²) < 4.78 is 35.9. The number of benzene rings is 1. The van der Waals surface area contributed by atoms with Crippen molar-refractivity contribution >= 4 is 34.8 Å². The van der Waals surface area contributed by atoms with Crippen LogP contribution in [0.1, 0.15) is 11.1 Å². The van der Waals surface area contributed by atoms with Crippen molar-refractivity contribution in [1.29, 1.82) is 0 Å². The van der Waals surface area contributed by atoms with Crippen LogP contribution in [-0.2, 0) is 10.5 Å². The molecular weight excluding hydrogens is 271 g/mol. The van der Waals surface area contributed by atoms with Gasteiger partial charge in [0.05, 0.1) is 11.4 Å². The number of rotatable bonds is 2. The van der Waals surface area contributed by atoms with E-state index in [2.05, 4.69) is 0 Å². The van der Waals surface area contributed by atoms with Gasteiger partial charge >= 0.3 is 6.18 Å². The normalized spacial score (nSPS) is 12.9. The third-order valence-electron chi connectivity index (χ3n) is 1.79. The number of alkyl halides is 6. The molecule has 0 atom stereocenters. The Balaban J connectivity index is 3.31. The van der Waals surface area contributed by atoms with Crippen molar-refractivity contribution in [3.63, 3.8) is 0 Å². The van der Waals surface area contributed by atoms with Crippen LogP contribution in [0.3, 0.4) is 0 Å². The van der Waals surface area contributed by atoms with Gasteiger partial charge in [0.15, 0.2) is 4.33 Å². The Morgan fingerprint density at radius 2 is 1.47 bits per heavy atom. The molecule has 0 nitrogen and oxygen atoms in total. The Morgan fingerprint density at radius 1 is 1.00 bits per heavy atom. The van der Waals surface area contributed by atoms with E-state index in [1.165, 1.54) is 18.2 Å². The monoisotopic (exact) mass is 276 g/mol. The van der Waals surface area contributed by atoms with Gasteiger partial charge in [0.25, 0.3) is 0 Å². The van der Waals surface area contributed by atoms with Crippen LogP contribution >= 0.6 is 34.8 Å². The first-order chi connectivity index (χ1) is 6.79. The van der Waals surface area contributed by atoms with E-state index in [9.17, 15) is 13.2 Å². The fourth-order valence-electron chi connectivity index (χ4n) is 1.12. The Hall–Kier alpha value is -0.120. The highest BCUT2D eigenvalue weighted by Gasteiger charge is 2.39. The average Bonchev–Trinajstić information content (AvgIpc) is 2.16. The van der Waals surface area contributed by atoms with E-state index in [1.54, 1.807) is 0 Å². The van der Waals surface area contributed by atoms with Crippen LogP contribution in [0, 0.1) is 0 Å². The first-order valence-corrected chi connectivity index (χ1v) is 5.18. The maximum atomic E-state index is 12.6. The Labute approximate surface area is 99.9 Å². The largest absolute Gasteiger partial charge is 0.416 e. The smallest absolute Gasteiger partial charge is 0.166 e. The van der Waals surface area contributed by atoms with Crippen molar-refractivity contribution < 1.29 is 13.2 Å². The lowest BCUT2D eigenvalue weighted by atomic mass is 10.0. The van der Waals surface area contributed by atoms with E-state index >= 15 is 0 Å². The van der Waals surface area contributed by atoms with Gasteiger partial charge in [-0.25, -0.2) is 0 Å². The molecule has 1 aromatic carbocycles. The highest BCUT2D eigenvalue weighted by Crippen LogP contribution is 2.42. The number of halogens is 6. The molecule has 0 aromatic heterocycles. The molecule has 0 fully saturated rings. The van der Waals surface area contributed by atoms with E-state index < -0.39 is 16.1 Å². The topological polar surface area (TPSA) is 0 Å². The van der Waals surface area contributed by atoms with Gasteiger partial charge < -0.3 is 0 Å². The molecule has 0 spiro atoms. The molecule has 0 aliphatic rings. The molecule has 0 unspecified atom stereocenters. The second-order valence-corrected chi connectivity index (χ2v) is 4.63. The Bertz CT molecular complexity index is 347. The average molecular weight is 278 g/mol. The van der Waals surface area contributed by atoms with Gasteiger partial charge in [0, 0.05) is 5.56 Å². The lowest BCUT2D eigenvalue weighted by Gasteiger charge is -2.21. The zero-order valence-electron chi connectivity index (χ0n) is 7.28. The fraction of sp³-hybridized carbons (Fsp3) is 0.333. The van der Waals surface area contributed by atoms with E-state index in [4.69, 9.17) is 34.8 Å². The number of hydrogen-bond acceptors (Lipinski definition) is 0. The molecule has 0 amide bonds. The first-order valence-electron chi connectivity index (χ1n) is 3.89. The summed E-state index contributed by atoms with van der Waals surface area (Å²) in [5.41, 5.74) is -1.09. The predicted octanol–water partition coefficient (Wildman–Crippen LogP) is 4.57. The minimum absolute atomic E-state index is 0.226. The first kappa shape index (κ1) is 12.9. The van der Waals surface area contributed by atoms with Gasteiger partial charge in [-0.1, -0.05) is 41.4 Å². The van der Waals surface area contributed by atoms with Crippen LogP contribution < -0.4 is 0 Å². The molecule has 0 aliphatic heterocycles. The molecule has 1 rings (SSSR count). The van der Waals surface area contributed by atoms with Crippen LogP contribution in [0.2, 0.25) is 0 Å². The SMILES string of the molecule is FC(F)(F)c1ccccc1C(Cl)(Cl)CCl. The van der Waals surface area contributed by atoms with Crippen molar-refractivity contribution in [3.8, 4) is 0 Å². The van der Waals surface area contributed by atoms with Crippen molar-refractivity contribution in [2.24, 2.45) is 0 Å². The van der Waals surface area contributed by atoms with Crippen LogP contribution in [0.25, 0.3) is 0 Å². The predicted molar refractivity (Wildman–Crippen MR) is 55.5 cm³/mol. The van der Waals surface area contributed by atoms with Crippen LogP contribution in [-0.4, -0.2) is 5.88 Å². The zero-order valence-corrected chi connectivity index (χ0v) is 9.55. The molecule has 6 heteroatoms. The van der Waals surface area contributed by atoms with Gasteiger partial charge in [0.1, 0.15) is 0 Å². The quantitative estimate of drug-likeness (QED) is 0.694. The molecular formula is C9H6Cl3F3. The van der Waals surface area contributed by atoms with E-state index in [0.717, 1.165) is 6.07 Å². The van der Waals surface area contributed by atoms with Crippen LogP contribution in [0.5, 0.6) is 0 Å². The fourth-order valence-corrected chi connectivity index (χ4v) is 1.59. The lowest BCUT2D eigenvalue weighted by molar-refractivity contribution is -0.138. The summed E-state index contributed by atoms with van der Waals surface area (Å²) in [6, 6.07) is 4.83. The Kier molecular flexibility index (Phi) is 3.80. The van der Waals surface area contributed by atoms with Crippen molar-refractivity contribution in [2.45, 2.75) is 10.5 Å². The summed E-state index contributed by atoms with van der Waals surface area (Å²) in [4.78, 5) is 0. The Morgan fingerprint density at radius 3 is 1.87 bits per heavy atom. The molecule has 0 saturated carbocycles. The molecule has 1 aromatic rings. The van der Waals surface area contributed by atoms with Crippen molar-refractivity contribution in [3.05, 3.63) is 35.4 Å². The summed E-state index contributed by atoms with van der Waals surface area (Å²) in [5, 5.41) is 0. The zero-order chi connectivity index (χ0) is 11.7. The summed E-state index contributed by atoms with van der Waals surface area (Å²) in [6.45, 7) is 0. The molecule has 0 aliphatic carbocycles. The summed E-state index contributed by atoms with van der Waals surface area (Å²) in [7, 11) is 0. The molecule has 0 saturated heterocycles. The molecule has 0 bridgehead atoms. The van der Waals surface area contributed by atoms with Gasteiger partial charge in [-0.15, -0.1) is 11.6 Å². The summed E-state index contributed by atoms with van der Waals surface area (Å²) in [5.74, 6) is -0.316. The molecule has 0 heterocycles. The summed E-state index contributed by atoms with van der Waals surface area (Å²) >= 11 is 16.8. The van der Waals surface area contributed by atoms with Crippen LogP contribution in [0.15, 0.2) is 24.3 Å². The summed E-state index contributed by atoms with van der Waals surface area (Å²) in [6.07, 6.45) is -4.49. The second kappa shape index (κ2) is 4.40. The van der Waals surface area contributed by atoms with E-state index in [-0.39, 0.29) is 11.4 Å². The van der Waals surface area contributed by atoms with Crippen LogP contribution in [0.4, 0.5) is 13.2 Å². The van der Waals surface area contributed by atoms with Gasteiger partial charge in [0.2, 0.25) is 0 Å². The third-order valence-corrected chi connectivity index (χ3v) is 3.14. The second-order valence-electron chi connectivity index (χ2n) is 2.88. The lowest BCUT2D eigenvalue weighted by Crippen LogP contribution is -2.19.